The van der Waals surface area contributed by atoms with E-state index in [4.69, 9.17) is 4.74 Å². The Morgan fingerprint density at radius 1 is 1.21 bits per heavy atom. The highest BCUT2D eigenvalue weighted by atomic mass is 32.1. The molecule has 0 saturated carbocycles. The van der Waals surface area contributed by atoms with Crippen LogP contribution in [0, 0.1) is 0 Å². The van der Waals surface area contributed by atoms with Crippen molar-refractivity contribution in [1.82, 2.24) is 28.7 Å². The van der Waals surface area contributed by atoms with Crippen molar-refractivity contribution in [2.75, 3.05) is 6.61 Å². The molecule has 1 aromatic carbocycles. The molecule has 4 aromatic rings. The number of H-pyrrole nitrogens is 1. The standard InChI is InChI=1S/C19H18N6O3S/c26-18-15-17(25(19(27)21-18)9-12-5-2-1-3-6-12)20-16(14-11-29-23-22-14)24(15)10-13-7-4-8-28-13/h1-3,5-6,11,13H,4,7-10H2,(H,21,26,27). The van der Waals surface area contributed by atoms with Crippen LogP contribution in [0.3, 0.4) is 0 Å². The average Bonchev–Trinajstić information content (AvgIpc) is 3.47. The lowest BCUT2D eigenvalue weighted by Gasteiger charge is -2.13. The van der Waals surface area contributed by atoms with Crippen molar-refractivity contribution in [2.24, 2.45) is 0 Å². The second-order valence-electron chi connectivity index (χ2n) is 6.97. The van der Waals surface area contributed by atoms with Gasteiger partial charge in [-0.3, -0.25) is 14.3 Å². The summed E-state index contributed by atoms with van der Waals surface area (Å²) in [6, 6.07) is 9.59. The van der Waals surface area contributed by atoms with Crippen molar-refractivity contribution in [3.63, 3.8) is 0 Å². The van der Waals surface area contributed by atoms with Crippen LogP contribution >= 0.6 is 11.5 Å². The third kappa shape index (κ3) is 3.30. The number of nitrogens with one attached hydrogen (secondary N) is 1. The predicted octanol–water partition coefficient (Wildman–Crippen LogP) is 1.63. The van der Waals surface area contributed by atoms with Crippen LogP contribution in [0.25, 0.3) is 22.7 Å². The first-order chi connectivity index (χ1) is 14.2. The summed E-state index contributed by atoms with van der Waals surface area (Å²) in [4.78, 5) is 32.5. The van der Waals surface area contributed by atoms with E-state index in [1.165, 1.54) is 16.1 Å². The van der Waals surface area contributed by atoms with Crippen LogP contribution in [0.4, 0.5) is 0 Å². The molecule has 29 heavy (non-hydrogen) atoms. The molecule has 0 amide bonds. The van der Waals surface area contributed by atoms with E-state index < -0.39 is 11.2 Å². The Morgan fingerprint density at radius 2 is 2.07 bits per heavy atom. The molecule has 4 heterocycles. The van der Waals surface area contributed by atoms with Gasteiger partial charge in [0.15, 0.2) is 17.0 Å². The quantitative estimate of drug-likeness (QED) is 0.536. The van der Waals surface area contributed by atoms with E-state index in [1.807, 2.05) is 34.9 Å². The predicted molar refractivity (Wildman–Crippen MR) is 108 cm³/mol. The summed E-state index contributed by atoms with van der Waals surface area (Å²) in [5.74, 6) is 0.516. The molecule has 1 unspecified atom stereocenters. The minimum Gasteiger partial charge on any atom is -0.376 e. The highest BCUT2D eigenvalue weighted by Crippen LogP contribution is 2.24. The molecule has 1 N–H and O–H groups in total. The van der Waals surface area contributed by atoms with E-state index in [2.05, 4.69) is 19.6 Å². The van der Waals surface area contributed by atoms with Gasteiger partial charge < -0.3 is 9.30 Å². The van der Waals surface area contributed by atoms with Gasteiger partial charge in [-0.2, -0.15) is 0 Å². The second kappa shape index (κ2) is 7.37. The highest BCUT2D eigenvalue weighted by molar-refractivity contribution is 7.03. The molecule has 9 nitrogen and oxygen atoms in total. The van der Waals surface area contributed by atoms with E-state index in [0.717, 1.165) is 18.4 Å². The number of hydrogen-bond donors (Lipinski definition) is 1. The van der Waals surface area contributed by atoms with Crippen molar-refractivity contribution in [3.8, 4) is 11.5 Å². The van der Waals surface area contributed by atoms with Crippen LogP contribution in [0.2, 0.25) is 0 Å². The Balaban J connectivity index is 1.73. The van der Waals surface area contributed by atoms with Crippen LogP contribution in [0.15, 0.2) is 45.3 Å². The van der Waals surface area contributed by atoms with Gasteiger partial charge >= 0.3 is 5.69 Å². The lowest BCUT2D eigenvalue weighted by Crippen LogP contribution is -2.32. The molecular weight excluding hydrogens is 392 g/mol. The number of aromatic amines is 1. The first kappa shape index (κ1) is 18.0. The number of aromatic nitrogens is 6. The maximum Gasteiger partial charge on any atom is 0.330 e. The van der Waals surface area contributed by atoms with Gasteiger partial charge in [0.25, 0.3) is 5.56 Å². The minimum atomic E-state index is -0.490. The van der Waals surface area contributed by atoms with Crippen LogP contribution in [-0.4, -0.2) is 41.4 Å². The molecular formula is C19H18N6O3S. The van der Waals surface area contributed by atoms with E-state index >= 15 is 0 Å². The Kier molecular flexibility index (Phi) is 4.57. The third-order valence-electron chi connectivity index (χ3n) is 5.07. The van der Waals surface area contributed by atoms with Crippen LogP contribution in [0.5, 0.6) is 0 Å². The fraction of sp³-hybridized carbons (Fsp3) is 0.316. The molecule has 1 aliphatic heterocycles. The Morgan fingerprint density at radius 3 is 2.79 bits per heavy atom. The number of ether oxygens (including phenoxy) is 1. The molecule has 5 rings (SSSR count). The Hall–Kier alpha value is -3.11. The molecule has 1 atom stereocenters. The van der Waals surface area contributed by atoms with Gasteiger partial charge in [0, 0.05) is 12.0 Å². The van der Waals surface area contributed by atoms with E-state index in [9.17, 15) is 9.59 Å². The summed E-state index contributed by atoms with van der Waals surface area (Å²) in [5.41, 5.74) is 1.24. The summed E-state index contributed by atoms with van der Waals surface area (Å²) in [6.45, 7) is 1.48. The number of imidazole rings is 1. The largest absolute Gasteiger partial charge is 0.376 e. The molecule has 0 spiro atoms. The Bertz CT molecular complexity index is 1250. The smallest absolute Gasteiger partial charge is 0.330 e. The fourth-order valence-electron chi connectivity index (χ4n) is 3.71. The maximum atomic E-state index is 12.8. The normalized spacial score (nSPS) is 16.6. The van der Waals surface area contributed by atoms with Crippen molar-refractivity contribution >= 4 is 22.7 Å². The molecule has 1 aliphatic rings. The van der Waals surface area contributed by atoms with E-state index in [1.54, 1.807) is 5.38 Å². The highest BCUT2D eigenvalue weighted by Gasteiger charge is 2.25. The SMILES string of the molecule is O=c1[nH]c(=O)n(Cc2ccccc2)c2nc(-c3csnn3)n(CC3CCCO3)c12. The molecule has 0 radical (unpaired) electrons. The van der Waals surface area contributed by atoms with Crippen LogP contribution < -0.4 is 11.2 Å². The van der Waals surface area contributed by atoms with Gasteiger partial charge in [0.1, 0.15) is 5.69 Å². The minimum absolute atomic E-state index is 0.00773. The van der Waals surface area contributed by atoms with Crippen molar-refractivity contribution < 1.29 is 4.74 Å². The maximum absolute atomic E-state index is 12.8. The van der Waals surface area contributed by atoms with E-state index in [-0.39, 0.29) is 6.10 Å². The zero-order chi connectivity index (χ0) is 19.8. The van der Waals surface area contributed by atoms with Gasteiger partial charge in [-0.15, -0.1) is 5.10 Å². The monoisotopic (exact) mass is 410 g/mol. The zero-order valence-corrected chi connectivity index (χ0v) is 16.3. The van der Waals surface area contributed by atoms with Crippen molar-refractivity contribution in [3.05, 3.63) is 62.1 Å². The molecule has 0 aliphatic carbocycles. The van der Waals surface area contributed by atoms with Crippen molar-refractivity contribution in [1.29, 1.82) is 0 Å². The van der Waals surface area contributed by atoms with Gasteiger partial charge in [-0.1, -0.05) is 34.8 Å². The van der Waals surface area contributed by atoms with Crippen LogP contribution in [-0.2, 0) is 17.8 Å². The molecule has 1 fully saturated rings. The van der Waals surface area contributed by atoms with Gasteiger partial charge in [0.05, 0.1) is 19.2 Å². The molecule has 148 valence electrons. The van der Waals surface area contributed by atoms with Crippen molar-refractivity contribution in [2.45, 2.75) is 32.0 Å². The third-order valence-corrected chi connectivity index (χ3v) is 5.57. The first-order valence-corrected chi connectivity index (χ1v) is 10.2. The summed E-state index contributed by atoms with van der Waals surface area (Å²) >= 11 is 1.21. The number of hydrogen-bond acceptors (Lipinski definition) is 7. The number of fused-ring (bicyclic) bond motifs is 1. The van der Waals surface area contributed by atoms with Gasteiger partial charge in [-0.25, -0.2) is 9.78 Å². The molecule has 10 heteroatoms. The number of benzene rings is 1. The van der Waals surface area contributed by atoms with Gasteiger partial charge in [0.2, 0.25) is 0 Å². The van der Waals surface area contributed by atoms with E-state index in [0.29, 0.717) is 42.4 Å². The lowest BCUT2D eigenvalue weighted by atomic mass is 10.2. The summed E-state index contributed by atoms with van der Waals surface area (Å²) in [5, 5.41) is 5.91. The first-order valence-electron chi connectivity index (χ1n) is 9.37. The molecule has 3 aromatic heterocycles. The average molecular weight is 410 g/mol. The second-order valence-corrected chi connectivity index (χ2v) is 7.58. The number of rotatable bonds is 5. The topological polar surface area (TPSA) is 108 Å². The summed E-state index contributed by atoms with van der Waals surface area (Å²) in [6.07, 6.45) is 1.89. The van der Waals surface area contributed by atoms with Gasteiger partial charge in [-0.05, 0) is 29.9 Å². The summed E-state index contributed by atoms with van der Waals surface area (Å²) in [7, 11) is 0. The Labute approximate surface area is 168 Å². The number of nitrogens with zero attached hydrogens (tertiary/aromatic N) is 5. The molecule has 1 saturated heterocycles. The zero-order valence-electron chi connectivity index (χ0n) is 15.4. The fourth-order valence-corrected chi connectivity index (χ4v) is 4.15. The molecule has 0 bridgehead atoms. The summed E-state index contributed by atoms with van der Waals surface area (Å²) < 4.78 is 13.0. The lowest BCUT2D eigenvalue weighted by molar-refractivity contribution is 0.0982. The van der Waals surface area contributed by atoms with Crippen LogP contribution in [0.1, 0.15) is 18.4 Å².